The van der Waals surface area contributed by atoms with Crippen LogP contribution in [0, 0.1) is 5.41 Å². The van der Waals surface area contributed by atoms with Crippen LogP contribution >= 0.6 is 0 Å². The molecule has 0 amide bonds. The molecule has 0 saturated carbocycles. The molecule has 6 nitrogen and oxygen atoms in total. The number of nitrogens with two attached hydrogens (primary N) is 2. The molecule has 1 atom stereocenters. The van der Waals surface area contributed by atoms with Crippen molar-refractivity contribution in [1.29, 1.82) is 5.41 Å². The Hall–Kier alpha value is -2.08. The fourth-order valence-corrected chi connectivity index (χ4v) is 1.15. The molecule has 6 heteroatoms. The smallest absolute Gasteiger partial charge is 0.320 e. The number of hydrogen-bond acceptors (Lipinski definition) is 4. The highest BCUT2D eigenvalue weighted by atomic mass is 16.4. The van der Waals surface area contributed by atoms with E-state index >= 15 is 0 Å². The summed E-state index contributed by atoms with van der Waals surface area (Å²) in [5, 5.41) is 17.5. The molecule has 7 N–H and O–H groups in total. The van der Waals surface area contributed by atoms with Crippen molar-refractivity contribution in [3.8, 4) is 0 Å². The van der Waals surface area contributed by atoms with Crippen LogP contribution in [0.1, 0.15) is 5.56 Å². The third-order valence-corrected chi connectivity index (χ3v) is 2.02. The zero-order valence-corrected chi connectivity index (χ0v) is 9.68. The molecule has 0 fully saturated rings. The van der Waals surface area contributed by atoms with Gasteiger partial charge in [0.2, 0.25) is 0 Å². The molecular weight excluding hydrogens is 220 g/mol. The van der Waals surface area contributed by atoms with Crippen molar-refractivity contribution in [2.75, 3.05) is 12.4 Å². The molecular formula is C11H18N4O2. The third-order valence-electron chi connectivity index (χ3n) is 2.02. The van der Waals surface area contributed by atoms with Gasteiger partial charge in [-0.2, -0.15) is 0 Å². The molecule has 0 aliphatic rings. The standard InChI is InChI=1S/C10H14N2O2.CH4N2/c1-12-8-4-2-7(3-5-8)6-9(11)10(13)14;2-1-3/h2-5,9,12H,6,11H2,1H3,(H,13,14);1H,(H3,2,3). The van der Waals surface area contributed by atoms with E-state index in [1.54, 1.807) is 0 Å². The summed E-state index contributed by atoms with van der Waals surface area (Å²) >= 11 is 0. The summed E-state index contributed by atoms with van der Waals surface area (Å²) in [6.07, 6.45) is 1.11. The summed E-state index contributed by atoms with van der Waals surface area (Å²) in [5.41, 5.74) is 11.7. The highest BCUT2D eigenvalue weighted by Crippen LogP contribution is 2.09. The number of nitrogens with one attached hydrogen (secondary N) is 2. The molecule has 0 spiro atoms. The Kier molecular flexibility index (Phi) is 7.12. The van der Waals surface area contributed by atoms with Crippen molar-refractivity contribution in [2.45, 2.75) is 12.5 Å². The first-order chi connectivity index (χ1) is 8.04. The summed E-state index contributed by atoms with van der Waals surface area (Å²) in [6.45, 7) is 0. The number of anilines is 1. The van der Waals surface area contributed by atoms with Gasteiger partial charge in [-0.3, -0.25) is 10.2 Å². The average Bonchev–Trinajstić information content (AvgIpc) is 2.31. The lowest BCUT2D eigenvalue weighted by atomic mass is 10.1. The zero-order chi connectivity index (χ0) is 13.3. The van der Waals surface area contributed by atoms with Gasteiger partial charge >= 0.3 is 5.97 Å². The number of rotatable bonds is 4. The number of carboxylic acids is 1. The monoisotopic (exact) mass is 238 g/mol. The van der Waals surface area contributed by atoms with Gasteiger partial charge in [-0.15, -0.1) is 0 Å². The highest BCUT2D eigenvalue weighted by Gasteiger charge is 2.11. The molecule has 0 saturated heterocycles. The predicted octanol–water partition coefficient (Wildman–Crippen LogP) is 0.235. The van der Waals surface area contributed by atoms with Crippen LogP contribution in [0.15, 0.2) is 24.3 Å². The zero-order valence-electron chi connectivity index (χ0n) is 9.68. The summed E-state index contributed by atoms with van der Waals surface area (Å²) in [4.78, 5) is 10.5. The van der Waals surface area contributed by atoms with Crippen LogP contribution in [0.25, 0.3) is 0 Å². The number of hydrogen-bond donors (Lipinski definition) is 5. The van der Waals surface area contributed by atoms with Gasteiger partial charge in [0, 0.05) is 12.7 Å². The Morgan fingerprint density at radius 3 is 2.35 bits per heavy atom. The third kappa shape index (κ3) is 6.16. The maximum absolute atomic E-state index is 10.5. The second-order valence-electron chi connectivity index (χ2n) is 3.26. The van der Waals surface area contributed by atoms with E-state index in [-0.39, 0.29) is 0 Å². The van der Waals surface area contributed by atoms with Crippen LogP contribution in [0.3, 0.4) is 0 Å². The predicted molar refractivity (Wildman–Crippen MR) is 68.3 cm³/mol. The lowest BCUT2D eigenvalue weighted by Gasteiger charge is -2.07. The second kappa shape index (κ2) is 8.12. The van der Waals surface area contributed by atoms with Gasteiger partial charge in [0.05, 0.1) is 6.34 Å². The van der Waals surface area contributed by atoms with Crippen LogP contribution in [0.4, 0.5) is 5.69 Å². The van der Waals surface area contributed by atoms with Gasteiger partial charge in [0.1, 0.15) is 6.04 Å². The van der Waals surface area contributed by atoms with Crippen molar-refractivity contribution >= 4 is 18.0 Å². The lowest BCUT2D eigenvalue weighted by Crippen LogP contribution is -2.32. The van der Waals surface area contributed by atoms with E-state index < -0.39 is 12.0 Å². The molecule has 1 rings (SSSR count). The summed E-state index contributed by atoms with van der Waals surface area (Å²) in [7, 11) is 1.83. The first-order valence-electron chi connectivity index (χ1n) is 5.00. The van der Waals surface area contributed by atoms with E-state index in [2.05, 4.69) is 11.1 Å². The number of aliphatic carboxylic acids is 1. The van der Waals surface area contributed by atoms with Crippen LogP contribution in [-0.2, 0) is 11.2 Å². The van der Waals surface area contributed by atoms with E-state index in [4.69, 9.17) is 16.2 Å². The summed E-state index contributed by atoms with van der Waals surface area (Å²) in [5.74, 6) is -0.970. The van der Waals surface area contributed by atoms with Crippen molar-refractivity contribution in [3.05, 3.63) is 29.8 Å². The maximum atomic E-state index is 10.5. The molecule has 1 unspecified atom stereocenters. The molecule has 94 valence electrons. The number of carbonyl (C=O) groups is 1. The van der Waals surface area contributed by atoms with E-state index in [9.17, 15) is 4.79 Å². The van der Waals surface area contributed by atoms with Gasteiger partial charge in [0.15, 0.2) is 0 Å². The van der Waals surface area contributed by atoms with Gasteiger partial charge in [-0.05, 0) is 24.1 Å². The van der Waals surface area contributed by atoms with E-state index in [1.165, 1.54) is 0 Å². The van der Waals surface area contributed by atoms with Crippen LogP contribution < -0.4 is 16.8 Å². The molecule has 0 radical (unpaired) electrons. The van der Waals surface area contributed by atoms with Crippen molar-refractivity contribution in [1.82, 2.24) is 0 Å². The minimum Gasteiger partial charge on any atom is -0.480 e. The van der Waals surface area contributed by atoms with Crippen molar-refractivity contribution < 1.29 is 9.90 Å². The number of benzene rings is 1. The molecule has 1 aromatic carbocycles. The Morgan fingerprint density at radius 1 is 1.53 bits per heavy atom. The van der Waals surface area contributed by atoms with Crippen LogP contribution in [-0.4, -0.2) is 30.5 Å². The van der Waals surface area contributed by atoms with E-state index in [0.29, 0.717) is 6.42 Å². The first kappa shape index (κ1) is 14.9. The Morgan fingerprint density at radius 2 is 2.00 bits per heavy atom. The Bertz CT molecular complexity index is 351. The minimum absolute atomic E-state index is 0.360. The lowest BCUT2D eigenvalue weighted by molar-refractivity contribution is -0.138. The molecule has 0 aromatic heterocycles. The average molecular weight is 238 g/mol. The Balaban J connectivity index is 0.000000770. The van der Waals surface area contributed by atoms with Gasteiger partial charge in [0.25, 0.3) is 0 Å². The molecule has 1 aromatic rings. The first-order valence-corrected chi connectivity index (χ1v) is 5.00. The SMILES string of the molecule is CNc1ccc(CC(N)C(=O)O)cc1.N=CN. The molecule has 0 bridgehead atoms. The maximum Gasteiger partial charge on any atom is 0.320 e. The fraction of sp³-hybridized carbons (Fsp3) is 0.273. The van der Waals surface area contributed by atoms with Crippen molar-refractivity contribution in [2.24, 2.45) is 11.5 Å². The normalized spacial score (nSPS) is 10.7. The van der Waals surface area contributed by atoms with Crippen LogP contribution in [0.2, 0.25) is 0 Å². The van der Waals surface area contributed by atoms with Gasteiger partial charge < -0.3 is 21.9 Å². The topological polar surface area (TPSA) is 125 Å². The number of carboxylic acid groups (broad SMARTS) is 1. The van der Waals surface area contributed by atoms with Crippen molar-refractivity contribution in [3.63, 3.8) is 0 Å². The quantitative estimate of drug-likeness (QED) is 0.379. The van der Waals surface area contributed by atoms with E-state index in [1.807, 2.05) is 31.3 Å². The van der Waals surface area contributed by atoms with Gasteiger partial charge in [-0.1, -0.05) is 12.1 Å². The molecule has 17 heavy (non-hydrogen) atoms. The largest absolute Gasteiger partial charge is 0.480 e. The van der Waals surface area contributed by atoms with Crippen LogP contribution in [0.5, 0.6) is 0 Å². The van der Waals surface area contributed by atoms with Gasteiger partial charge in [-0.25, -0.2) is 0 Å². The summed E-state index contributed by atoms with van der Waals surface area (Å²) in [6, 6.07) is 6.70. The molecule has 0 aliphatic heterocycles. The molecule has 0 heterocycles. The van der Waals surface area contributed by atoms with E-state index in [0.717, 1.165) is 17.6 Å². The highest BCUT2D eigenvalue weighted by molar-refractivity contribution is 5.73. The second-order valence-corrected chi connectivity index (χ2v) is 3.26. The fourth-order valence-electron chi connectivity index (χ4n) is 1.15. The minimum atomic E-state index is -0.970. The molecule has 0 aliphatic carbocycles. The Labute approximate surface area is 100 Å². The summed E-state index contributed by atoms with van der Waals surface area (Å²) < 4.78 is 0.